The van der Waals surface area contributed by atoms with E-state index in [0.29, 0.717) is 29.0 Å². The summed E-state index contributed by atoms with van der Waals surface area (Å²) in [6.45, 7) is 5.56. The minimum Gasteiger partial charge on any atom is -0.379 e. The lowest BCUT2D eigenvalue weighted by molar-refractivity contribution is 0.0355. The predicted molar refractivity (Wildman–Crippen MR) is 106 cm³/mol. The first-order valence-corrected chi connectivity index (χ1v) is 9.81. The van der Waals surface area contributed by atoms with Crippen LogP contribution in [-0.2, 0) is 18.3 Å². The van der Waals surface area contributed by atoms with Crippen molar-refractivity contribution < 1.29 is 9.53 Å². The van der Waals surface area contributed by atoms with E-state index in [0.717, 1.165) is 44.8 Å². The van der Waals surface area contributed by atoms with Crippen molar-refractivity contribution in [2.75, 3.05) is 39.4 Å². The second-order valence-corrected chi connectivity index (χ2v) is 7.38. The zero-order chi connectivity index (χ0) is 19.2. The molecule has 0 aliphatic carbocycles. The number of halogens is 2. The Morgan fingerprint density at radius 2 is 1.96 bits per heavy atom. The first kappa shape index (κ1) is 20.1. The highest BCUT2D eigenvalue weighted by atomic mass is 35.5. The second kappa shape index (κ2) is 9.55. The minimum absolute atomic E-state index is 0.0786. The number of pyridine rings is 1. The van der Waals surface area contributed by atoms with Crippen LogP contribution in [0.2, 0.25) is 10.2 Å². The number of amides is 1. The maximum Gasteiger partial charge on any atom is 0.270 e. The predicted octanol–water partition coefficient (Wildman–Crippen LogP) is 3.09. The van der Waals surface area contributed by atoms with Gasteiger partial charge in [0.1, 0.15) is 10.8 Å². The molecule has 146 valence electrons. The largest absolute Gasteiger partial charge is 0.379 e. The van der Waals surface area contributed by atoms with Crippen LogP contribution >= 0.6 is 23.2 Å². The molecule has 0 bridgehead atoms. The van der Waals surface area contributed by atoms with Gasteiger partial charge in [0.25, 0.3) is 5.91 Å². The molecule has 1 amide bonds. The number of hydrogen-bond donors (Lipinski definition) is 0. The third-order valence-electron chi connectivity index (χ3n) is 4.75. The normalized spacial score (nSPS) is 15.1. The monoisotopic (exact) mass is 410 g/mol. The number of ether oxygens (including phenoxy) is 1. The van der Waals surface area contributed by atoms with E-state index in [-0.39, 0.29) is 5.91 Å². The van der Waals surface area contributed by atoms with Gasteiger partial charge in [-0.2, -0.15) is 0 Å². The van der Waals surface area contributed by atoms with Gasteiger partial charge in [-0.25, -0.2) is 0 Å². The van der Waals surface area contributed by atoms with E-state index in [1.165, 1.54) is 0 Å². The smallest absolute Gasteiger partial charge is 0.270 e. The van der Waals surface area contributed by atoms with Crippen LogP contribution in [0.1, 0.15) is 22.5 Å². The van der Waals surface area contributed by atoms with E-state index in [4.69, 9.17) is 27.9 Å². The minimum atomic E-state index is -0.0786. The number of rotatable bonds is 7. The number of carbonyl (C=O) groups is 1. The fourth-order valence-corrected chi connectivity index (χ4v) is 3.56. The van der Waals surface area contributed by atoms with Gasteiger partial charge in [0.05, 0.1) is 18.2 Å². The van der Waals surface area contributed by atoms with E-state index in [1.807, 2.05) is 17.0 Å². The van der Waals surface area contributed by atoms with Crippen LogP contribution in [0.25, 0.3) is 0 Å². The standard InChI is InChI=1S/C19H24Cl2N4O2/c1-23-17(13-16(20)18(23)21)19(26)25(14-15-3-5-22-6-4-15)8-2-7-24-9-11-27-12-10-24/h3-6,13H,2,7-12,14H2,1H3. The highest BCUT2D eigenvalue weighted by molar-refractivity contribution is 6.41. The average Bonchev–Trinajstić information content (AvgIpc) is 2.95. The summed E-state index contributed by atoms with van der Waals surface area (Å²) in [5.74, 6) is -0.0786. The number of nitrogens with zero attached hydrogens (tertiary/aromatic N) is 4. The quantitative estimate of drug-likeness (QED) is 0.703. The summed E-state index contributed by atoms with van der Waals surface area (Å²) in [6.07, 6.45) is 4.37. The summed E-state index contributed by atoms with van der Waals surface area (Å²) in [5, 5.41) is 0.761. The van der Waals surface area contributed by atoms with Crippen LogP contribution in [0.5, 0.6) is 0 Å². The van der Waals surface area contributed by atoms with Gasteiger partial charge in [0.15, 0.2) is 0 Å². The molecule has 3 heterocycles. The van der Waals surface area contributed by atoms with Crippen molar-refractivity contribution >= 4 is 29.1 Å². The molecule has 0 saturated carbocycles. The van der Waals surface area contributed by atoms with Gasteiger partial charge in [0, 0.05) is 52.2 Å². The first-order valence-electron chi connectivity index (χ1n) is 9.05. The maximum atomic E-state index is 13.2. The van der Waals surface area contributed by atoms with E-state index < -0.39 is 0 Å². The van der Waals surface area contributed by atoms with E-state index in [1.54, 1.807) is 30.1 Å². The zero-order valence-corrected chi connectivity index (χ0v) is 16.9. The summed E-state index contributed by atoms with van der Waals surface area (Å²) in [4.78, 5) is 21.4. The molecule has 3 rings (SSSR count). The number of morpholine rings is 1. The molecule has 0 N–H and O–H groups in total. The lowest BCUT2D eigenvalue weighted by Crippen LogP contribution is -2.39. The summed E-state index contributed by atoms with van der Waals surface area (Å²) in [6, 6.07) is 5.48. The number of hydrogen-bond acceptors (Lipinski definition) is 4. The first-order chi connectivity index (χ1) is 13.1. The highest BCUT2D eigenvalue weighted by Crippen LogP contribution is 2.26. The van der Waals surface area contributed by atoms with Gasteiger partial charge in [0.2, 0.25) is 0 Å². The fourth-order valence-electron chi connectivity index (χ4n) is 3.18. The lowest BCUT2D eigenvalue weighted by Gasteiger charge is -2.28. The molecule has 6 nitrogen and oxygen atoms in total. The second-order valence-electron chi connectivity index (χ2n) is 6.62. The Kier molecular flexibility index (Phi) is 7.13. The molecule has 0 unspecified atom stereocenters. The Bertz CT molecular complexity index is 761. The lowest BCUT2D eigenvalue weighted by atomic mass is 10.2. The molecule has 1 aliphatic heterocycles. The van der Waals surface area contributed by atoms with Crippen LogP contribution in [0.15, 0.2) is 30.6 Å². The van der Waals surface area contributed by atoms with Gasteiger partial charge in [-0.1, -0.05) is 23.2 Å². The Morgan fingerprint density at radius 3 is 2.59 bits per heavy atom. The third-order valence-corrected chi connectivity index (χ3v) is 5.59. The number of aromatic nitrogens is 2. The van der Waals surface area contributed by atoms with Crippen molar-refractivity contribution in [3.8, 4) is 0 Å². The molecule has 1 fully saturated rings. The van der Waals surface area contributed by atoms with Crippen molar-refractivity contribution in [2.45, 2.75) is 13.0 Å². The molecule has 1 aliphatic rings. The van der Waals surface area contributed by atoms with Crippen LogP contribution in [0.3, 0.4) is 0 Å². The topological polar surface area (TPSA) is 50.6 Å². The Balaban J connectivity index is 1.70. The zero-order valence-electron chi connectivity index (χ0n) is 15.4. The molecular formula is C19H24Cl2N4O2. The maximum absolute atomic E-state index is 13.2. The van der Waals surface area contributed by atoms with Crippen molar-refractivity contribution in [3.63, 3.8) is 0 Å². The van der Waals surface area contributed by atoms with E-state index in [2.05, 4.69) is 9.88 Å². The molecule has 0 spiro atoms. The summed E-state index contributed by atoms with van der Waals surface area (Å²) < 4.78 is 7.02. The van der Waals surface area contributed by atoms with Gasteiger partial charge >= 0.3 is 0 Å². The molecular weight excluding hydrogens is 387 g/mol. The van der Waals surface area contributed by atoms with Crippen molar-refractivity contribution in [1.29, 1.82) is 0 Å². The molecule has 0 atom stereocenters. The molecule has 27 heavy (non-hydrogen) atoms. The SMILES string of the molecule is Cn1c(C(=O)N(CCCN2CCOCC2)Cc2ccncc2)cc(Cl)c1Cl. The molecule has 2 aromatic rings. The van der Waals surface area contributed by atoms with Gasteiger partial charge < -0.3 is 14.2 Å². The van der Waals surface area contributed by atoms with E-state index in [9.17, 15) is 4.79 Å². The Morgan fingerprint density at radius 1 is 1.26 bits per heavy atom. The van der Waals surface area contributed by atoms with Crippen LogP contribution < -0.4 is 0 Å². The Hall–Kier alpha value is -1.60. The van der Waals surface area contributed by atoms with Crippen molar-refractivity contribution in [2.24, 2.45) is 7.05 Å². The highest BCUT2D eigenvalue weighted by Gasteiger charge is 2.22. The van der Waals surface area contributed by atoms with Crippen LogP contribution in [0, 0.1) is 0 Å². The summed E-state index contributed by atoms with van der Waals surface area (Å²) >= 11 is 12.2. The van der Waals surface area contributed by atoms with E-state index >= 15 is 0 Å². The van der Waals surface area contributed by atoms with Crippen LogP contribution in [0.4, 0.5) is 0 Å². The molecule has 0 radical (unpaired) electrons. The third kappa shape index (κ3) is 5.23. The van der Waals surface area contributed by atoms with Gasteiger partial charge in [-0.15, -0.1) is 0 Å². The fraction of sp³-hybridized carbons (Fsp3) is 0.474. The average molecular weight is 411 g/mol. The Labute approximate surface area is 169 Å². The van der Waals surface area contributed by atoms with Gasteiger partial charge in [-0.3, -0.25) is 14.7 Å². The van der Waals surface area contributed by atoms with Crippen molar-refractivity contribution in [3.05, 3.63) is 52.0 Å². The number of carbonyl (C=O) groups excluding carboxylic acids is 1. The van der Waals surface area contributed by atoms with Crippen LogP contribution in [-0.4, -0.2) is 64.7 Å². The molecule has 2 aromatic heterocycles. The molecule has 0 aromatic carbocycles. The van der Waals surface area contributed by atoms with Gasteiger partial charge in [-0.05, 0) is 30.2 Å². The molecule has 8 heteroatoms. The van der Waals surface area contributed by atoms with Crippen molar-refractivity contribution in [1.82, 2.24) is 19.4 Å². The molecule has 1 saturated heterocycles. The summed E-state index contributed by atoms with van der Waals surface area (Å²) in [7, 11) is 1.75. The summed E-state index contributed by atoms with van der Waals surface area (Å²) in [5.41, 5.74) is 1.53.